The molecule has 1 spiro atoms. The SMILES string of the molecule is COC(=O)N[C@@H]1[C@H](C)O[C@@H](OC2C/C=C(\C)[C@H]3C=C[C@H]4[C@H](O)[C@H](C)C[C@@H](C)[C@@H]4[C@@]3(C)C(O)=C3C(=O)OC4(C[C@H](C)C(CO)=C[C@H]4C=C2C)C3=O)C[C@@]1(C)N. The average molecular weight is 753 g/mol. The van der Waals surface area contributed by atoms with Gasteiger partial charge in [-0.25, -0.2) is 9.59 Å². The van der Waals surface area contributed by atoms with Gasteiger partial charge in [0.2, 0.25) is 5.78 Å². The fourth-order valence-electron chi connectivity index (χ4n) is 11.0. The Morgan fingerprint density at radius 1 is 1.06 bits per heavy atom. The van der Waals surface area contributed by atoms with Crippen molar-refractivity contribution in [3.05, 3.63) is 58.4 Å². The van der Waals surface area contributed by atoms with Crippen LogP contribution in [0.25, 0.3) is 0 Å². The summed E-state index contributed by atoms with van der Waals surface area (Å²) in [5.74, 6) is -3.73. The fraction of sp³-hybridized carbons (Fsp3) is 0.690. The van der Waals surface area contributed by atoms with Crippen molar-refractivity contribution in [3.63, 3.8) is 0 Å². The fourth-order valence-corrected chi connectivity index (χ4v) is 11.0. The van der Waals surface area contributed by atoms with Crippen molar-refractivity contribution in [2.24, 2.45) is 52.6 Å². The molecule has 6 N–H and O–H groups in total. The van der Waals surface area contributed by atoms with Crippen LogP contribution in [0.1, 0.15) is 81.1 Å². The van der Waals surface area contributed by atoms with Crippen molar-refractivity contribution >= 4 is 17.8 Å². The second kappa shape index (κ2) is 14.7. The number of Topliss-reactive ketones (excluding diaryl/α,β-unsaturated/α-hetero) is 1. The summed E-state index contributed by atoms with van der Waals surface area (Å²) >= 11 is 0. The lowest BCUT2D eigenvalue weighted by molar-refractivity contribution is -0.224. The van der Waals surface area contributed by atoms with E-state index in [1.807, 2.05) is 66.7 Å². The van der Waals surface area contributed by atoms with Crippen LogP contribution in [-0.4, -0.2) is 88.7 Å². The maximum absolute atomic E-state index is 15.0. The highest BCUT2D eigenvalue weighted by atomic mass is 16.7. The van der Waals surface area contributed by atoms with Crippen LogP contribution in [-0.2, 0) is 28.5 Å². The summed E-state index contributed by atoms with van der Waals surface area (Å²) in [6.07, 6.45) is 8.18. The number of nitrogens with two attached hydrogens (primary N) is 1. The van der Waals surface area contributed by atoms with Gasteiger partial charge in [0.05, 0.1) is 38.1 Å². The zero-order valence-corrected chi connectivity index (χ0v) is 33.1. The molecular weight excluding hydrogens is 692 g/mol. The van der Waals surface area contributed by atoms with E-state index in [0.29, 0.717) is 6.42 Å². The molecule has 15 atom stereocenters. The maximum atomic E-state index is 15.0. The number of aliphatic hydroxyl groups excluding tert-OH is 3. The molecule has 2 unspecified atom stereocenters. The van der Waals surface area contributed by atoms with E-state index < -0.39 is 76.9 Å². The molecule has 1 saturated carbocycles. The van der Waals surface area contributed by atoms with Crippen LogP contribution in [0.15, 0.2) is 58.4 Å². The molecule has 1 amide bonds. The van der Waals surface area contributed by atoms with E-state index in [4.69, 9.17) is 24.7 Å². The normalized spacial score (nSPS) is 46.2. The van der Waals surface area contributed by atoms with E-state index in [9.17, 15) is 29.7 Å². The Labute approximate surface area is 318 Å². The van der Waals surface area contributed by atoms with E-state index in [0.717, 1.165) is 23.1 Å². The third-order valence-electron chi connectivity index (χ3n) is 13.8. The number of rotatable bonds is 4. The minimum absolute atomic E-state index is 0.0316. The van der Waals surface area contributed by atoms with Gasteiger partial charge in [-0.2, -0.15) is 0 Å². The van der Waals surface area contributed by atoms with Gasteiger partial charge in [0.15, 0.2) is 11.9 Å². The summed E-state index contributed by atoms with van der Waals surface area (Å²) in [6.45, 7) is 15.3. The Morgan fingerprint density at radius 2 is 1.76 bits per heavy atom. The van der Waals surface area contributed by atoms with Crippen molar-refractivity contribution in [2.45, 2.75) is 123 Å². The Kier molecular flexibility index (Phi) is 11.0. The molecule has 0 aromatic rings. The van der Waals surface area contributed by atoms with E-state index in [2.05, 4.69) is 24.4 Å². The first-order valence-electron chi connectivity index (χ1n) is 19.5. The van der Waals surface area contributed by atoms with Gasteiger partial charge in [0.25, 0.3) is 0 Å². The molecule has 12 heteroatoms. The molecule has 4 aliphatic carbocycles. The topological polar surface area (TPSA) is 187 Å². The minimum Gasteiger partial charge on any atom is -0.511 e. The molecular formula is C42H60N2O10. The molecule has 0 aromatic carbocycles. The van der Waals surface area contributed by atoms with Gasteiger partial charge < -0.3 is 45.3 Å². The van der Waals surface area contributed by atoms with Gasteiger partial charge in [-0.15, -0.1) is 0 Å². The van der Waals surface area contributed by atoms with Gasteiger partial charge in [-0.05, 0) is 75.4 Å². The number of hydrogen-bond acceptors (Lipinski definition) is 11. The van der Waals surface area contributed by atoms with Crippen LogP contribution < -0.4 is 11.1 Å². The number of ether oxygens (including phenoxy) is 4. The monoisotopic (exact) mass is 752 g/mol. The van der Waals surface area contributed by atoms with Crippen LogP contribution in [0, 0.1) is 46.8 Å². The Hall–Kier alpha value is -3.29. The molecule has 2 bridgehead atoms. The highest BCUT2D eigenvalue weighted by Gasteiger charge is 2.63. The molecule has 0 radical (unpaired) electrons. The number of esters is 1. The Morgan fingerprint density at radius 3 is 2.41 bits per heavy atom. The van der Waals surface area contributed by atoms with Gasteiger partial charge in [0, 0.05) is 41.5 Å². The number of ketones is 1. The van der Waals surface area contributed by atoms with Gasteiger partial charge in [-0.3, -0.25) is 4.79 Å². The summed E-state index contributed by atoms with van der Waals surface area (Å²) in [5.41, 5.74) is 5.12. The molecule has 2 aliphatic heterocycles. The van der Waals surface area contributed by atoms with Crippen molar-refractivity contribution < 1.29 is 48.7 Å². The zero-order valence-electron chi connectivity index (χ0n) is 33.1. The van der Waals surface area contributed by atoms with Crippen molar-refractivity contribution in [1.29, 1.82) is 0 Å². The van der Waals surface area contributed by atoms with Gasteiger partial charge >= 0.3 is 12.1 Å². The first-order valence-corrected chi connectivity index (χ1v) is 19.5. The van der Waals surface area contributed by atoms with Crippen LogP contribution in [0.3, 0.4) is 0 Å². The van der Waals surface area contributed by atoms with E-state index in [1.54, 1.807) is 0 Å². The minimum atomic E-state index is -1.65. The van der Waals surface area contributed by atoms with Gasteiger partial charge in [-0.1, -0.05) is 63.6 Å². The van der Waals surface area contributed by atoms with E-state index >= 15 is 0 Å². The lowest BCUT2D eigenvalue weighted by Crippen LogP contribution is -2.66. The predicted molar refractivity (Wildman–Crippen MR) is 200 cm³/mol. The average Bonchev–Trinajstić information content (AvgIpc) is 3.34. The summed E-state index contributed by atoms with van der Waals surface area (Å²) in [6, 6.07) is -0.546. The number of hydrogen-bond donors (Lipinski definition) is 5. The second-order valence-corrected chi connectivity index (χ2v) is 17.6. The largest absolute Gasteiger partial charge is 0.511 e. The van der Waals surface area contributed by atoms with E-state index in [-0.39, 0.29) is 60.4 Å². The molecule has 2 saturated heterocycles. The highest BCUT2D eigenvalue weighted by Crippen LogP contribution is 2.60. The van der Waals surface area contributed by atoms with Crippen LogP contribution in [0.5, 0.6) is 0 Å². The first kappa shape index (κ1) is 40.4. The smallest absolute Gasteiger partial charge is 0.407 e. The highest BCUT2D eigenvalue weighted by molar-refractivity contribution is 6.26. The number of nitrogens with one attached hydrogen (secondary N) is 1. The van der Waals surface area contributed by atoms with Gasteiger partial charge in [0.1, 0.15) is 11.3 Å². The summed E-state index contributed by atoms with van der Waals surface area (Å²) in [7, 11) is 1.29. The molecule has 54 heavy (non-hydrogen) atoms. The number of fused-ring (bicyclic) bond motifs is 4. The molecule has 6 aliphatic rings. The van der Waals surface area contributed by atoms with Crippen LogP contribution in [0.4, 0.5) is 4.79 Å². The van der Waals surface area contributed by atoms with Crippen LogP contribution in [0.2, 0.25) is 0 Å². The van der Waals surface area contributed by atoms with Crippen molar-refractivity contribution in [1.82, 2.24) is 5.32 Å². The van der Waals surface area contributed by atoms with Crippen molar-refractivity contribution in [3.8, 4) is 0 Å². The maximum Gasteiger partial charge on any atom is 0.407 e. The third kappa shape index (κ3) is 6.59. The lowest BCUT2D eigenvalue weighted by Gasteiger charge is -2.55. The quantitative estimate of drug-likeness (QED) is 0.149. The van der Waals surface area contributed by atoms with Crippen molar-refractivity contribution in [2.75, 3.05) is 13.7 Å². The van der Waals surface area contributed by atoms with Crippen LogP contribution >= 0.6 is 0 Å². The first-order chi connectivity index (χ1) is 25.3. The zero-order chi connectivity index (χ0) is 39.7. The number of methoxy groups -OCH3 is 1. The number of alkyl carbamates (subject to hydrolysis) is 1. The summed E-state index contributed by atoms with van der Waals surface area (Å²) < 4.78 is 24.1. The lowest BCUT2D eigenvalue weighted by atomic mass is 9.49. The third-order valence-corrected chi connectivity index (χ3v) is 13.8. The Bertz CT molecular complexity index is 1690. The number of carbonyl (C=O) groups excluding carboxylic acids is 3. The number of carbonyl (C=O) groups is 3. The standard InChI is InChI=1S/C42H60N2O10/c1-20-10-13-30(53-31-18-40(7,43)35(25(6)52-31)44-39(50)51-9)21(2)15-27-16-26(19-45)24(5)17-42(27)37(48)32(38(49)54-42)36(47)41(8)29(20)12-11-28-33(41)22(3)14-23(4)34(28)46/h10-12,15-16,22-25,27-31,33-35,45-47H,13-14,17-19,43H2,1-9H3,(H,44,50)/b20-10+,21-15?,36-32?/t22-,23-,24+,25+,27-,28-,29-,30?,31+,33+,34-,35-,40-,41+,42?/m1/s1. The number of allylic oxidation sites excluding steroid dienone is 3. The van der Waals surface area contributed by atoms with E-state index in [1.165, 1.54) is 7.11 Å². The molecule has 12 nitrogen and oxygen atoms in total. The molecule has 0 aromatic heterocycles. The number of amides is 1. The summed E-state index contributed by atoms with van der Waals surface area (Å²) in [4.78, 5) is 41.2. The summed E-state index contributed by atoms with van der Waals surface area (Å²) in [5, 5.41) is 37.2. The molecule has 2 heterocycles. The predicted octanol–water partition coefficient (Wildman–Crippen LogP) is 4.96. The Balaban J connectivity index is 1.49. The molecule has 6 rings (SSSR count). The molecule has 3 fully saturated rings. The second-order valence-electron chi connectivity index (χ2n) is 17.6. The molecule has 298 valence electrons. The number of aliphatic hydroxyl groups is 3.